The van der Waals surface area contributed by atoms with E-state index in [4.69, 9.17) is 9.47 Å². The highest BCUT2D eigenvalue weighted by Gasteiger charge is 2.16. The molecule has 130 valence electrons. The zero-order valence-corrected chi connectivity index (χ0v) is 14.6. The standard InChI is InChI=1S/C19H21N3O3/c1-4-5-13-6-8-14(9-7-13)16-12-20-21-22(16)15-10-17(23)19(25-3)11-18(15)24-2/h6-12,23H,4-5H2,1-3H3. The van der Waals surface area contributed by atoms with Crippen molar-refractivity contribution in [3.63, 3.8) is 0 Å². The molecule has 0 aliphatic rings. The minimum Gasteiger partial charge on any atom is -0.504 e. The van der Waals surface area contributed by atoms with Crippen molar-refractivity contribution >= 4 is 0 Å². The molecule has 0 unspecified atom stereocenters. The molecule has 0 saturated carbocycles. The highest BCUT2D eigenvalue weighted by Crippen LogP contribution is 2.37. The maximum Gasteiger partial charge on any atom is 0.164 e. The fourth-order valence-corrected chi connectivity index (χ4v) is 2.77. The number of ether oxygens (including phenoxy) is 2. The lowest BCUT2D eigenvalue weighted by Crippen LogP contribution is -2.03. The number of aryl methyl sites for hydroxylation is 1. The van der Waals surface area contributed by atoms with Gasteiger partial charge in [-0.1, -0.05) is 42.8 Å². The second kappa shape index (κ2) is 7.25. The molecule has 2 aromatic carbocycles. The quantitative estimate of drug-likeness (QED) is 0.743. The maximum absolute atomic E-state index is 10.1. The highest BCUT2D eigenvalue weighted by molar-refractivity contribution is 5.65. The van der Waals surface area contributed by atoms with E-state index in [0.717, 1.165) is 24.1 Å². The van der Waals surface area contributed by atoms with Gasteiger partial charge in [-0.2, -0.15) is 0 Å². The highest BCUT2D eigenvalue weighted by atomic mass is 16.5. The Kier molecular flexibility index (Phi) is 4.88. The molecule has 0 aliphatic carbocycles. The Bertz CT molecular complexity index is 857. The summed E-state index contributed by atoms with van der Waals surface area (Å²) in [4.78, 5) is 0. The molecule has 0 radical (unpaired) electrons. The molecule has 6 heteroatoms. The molecule has 0 atom stereocenters. The van der Waals surface area contributed by atoms with Crippen LogP contribution in [-0.4, -0.2) is 34.3 Å². The van der Waals surface area contributed by atoms with E-state index in [9.17, 15) is 5.11 Å². The minimum absolute atomic E-state index is 0.0121. The van der Waals surface area contributed by atoms with E-state index in [1.165, 1.54) is 12.7 Å². The molecular formula is C19H21N3O3. The molecular weight excluding hydrogens is 318 g/mol. The second-order valence-electron chi connectivity index (χ2n) is 5.67. The Morgan fingerprint density at radius 2 is 1.76 bits per heavy atom. The number of nitrogens with zero attached hydrogens (tertiary/aromatic N) is 3. The number of aromatic nitrogens is 3. The minimum atomic E-state index is 0.0121. The monoisotopic (exact) mass is 339 g/mol. The van der Waals surface area contributed by atoms with E-state index in [-0.39, 0.29) is 5.75 Å². The third-order valence-corrected chi connectivity index (χ3v) is 4.05. The number of hydrogen-bond acceptors (Lipinski definition) is 5. The summed E-state index contributed by atoms with van der Waals surface area (Å²) in [5.74, 6) is 0.883. The van der Waals surface area contributed by atoms with Crippen molar-refractivity contribution in [3.05, 3.63) is 48.2 Å². The van der Waals surface area contributed by atoms with E-state index < -0.39 is 0 Å². The normalized spacial score (nSPS) is 10.7. The van der Waals surface area contributed by atoms with Gasteiger partial charge in [-0.25, -0.2) is 4.68 Å². The Hall–Kier alpha value is -3.02. The first-order chi connectivity index (χ1) is 12.2. The van der Waals surface area contributed by atoms with Crippen LogP contribution in [0.1, 0.15) is 18.9 Å². The predicted octanol–water partition coefficient (Wildman–Crippen LogP) is 3.61. The number of phenols is 1. The fourth-order valence-electron chi connectivity index (χ4n) is 2.77. The van der Waals surface area contributed by atoms with Gasteiger partial charge in [0.2, 0.25) is 0 Å². The van der Waals surface area contributed by atoms with Gasteiger partial charge in [-0.3, -0.25) is 0 Å². The Morgan fingerprint density at radius 3 is 2.40 bits per heavy atom. The molecule has 3 rings (SSSR count). The van der Waals surface area contributed by atoms with Crippen molar-refractivity contribution < 1.29 is 14.6 Å². The predicted molar refractivity (Wildman–Crippen MR) is 95.6 cm³/mol. The van der Waals surface area contributed by atoms with Crippen LogP contribution >= 0.6 is 0 Å². The summed E-state index contributed by atoms with van der Waals surface area (Å²) < 4.78 is 12.2. The van der Waals surface area contributed by atoms with Gasteiger partial charge in [0.05, 0.1) is 26.1 Å². The first-order valence-corrected chi connectivity index (χ1v) is 8.13. The summed E-state index contributed by atoms with van der Waals surface area (Å²) in [6.45, 7) is 2.16. The lowest BCUT2D eigenvalue weighted by Gasteiger charge is -2.13. The largest absolute Gasteiger partial charge is 0.504 e. The molecule has 0 aliphatic heterocycles. The zero-order valence-electron chi connectivity index (χ0n) is 14.6. The van der Waals surface area contributed by atoms with E-state index in [1.807, 2.05) is 0 Å². The Labute approximate surface area is 146 Å². The zero-order chi connectivity index (χ0) is 17.8. The Morgan fingerprint density at radius 1 is 1.04 bits per heavy atom. The molecule has 0 amide bonds. The van der Waals surface area contributed by atoms with Crippen LogP contribution in [0.3, 0.4) is 0 Å². The first-order valence-electron chi connectivity index (χ1n) is 8.13. The van der Waals surface area contributed by atoms with E-state index >= 15 is 0 Å². The molecule has 0 fully saturated rings. The van der Waals surface area contributed by atoms with Crippen molar-refractivity contribution in [2.24, 2.45) is 0 Å². The third kappa shape index (κ3) is 3.28. The summed E-state index contributed by atoms with van der Waals surface area (Å²) in [5, 5.41) is 18.3. The van der Waals surface area contributed by atoms with E-state index in [2.05, 4.69) is 41.5 Å². The van der Waals surface area contributed by atoms with Crippen LogP contribution in [0.4, 0.5) is 0 Å². The van der Waals surface area contributed by atoms with Gasteiger partial charge in [0.15, 0.2) is 11.5 Å². The summed E-state index contributed by atoms with van der Waals surface area (Å²) in [6, 6.07) is 11.5. The molecule has 1 N–H and O–H groups in total. The van der Waals surface area contributed by atoms with Gasteiger partial charge < -0.3 is 14.6 Å². The number of benzene rings is 2. The van der Waals surface area contributed by atoms with Gasteiger partial charge in [0.25, 0.3) is 0 Å². The number of aromatic hydroxyl groups is 1. The van der Waals surface area contributed by atoms with Crippen LogP contribution in [0.15, 0.2) is 42.6 Å². The van der Waals surface area contributed by atoms with Gasteiger partial charge in [0.1, 0.15) is 11.4 Å². The van der Waals surface area contributed by atoms with Gasteiger partial charge in [-0.15, -0.1) is 5.10 Å². The van der Waals surface area contributed by atoms with E-state index in [0.29, 0.717) is 17.2 Å². The van der Waals surface area contributed by atoms with Crippen molar-refractivity contribution in [2.45, 2.75) is 19.8 Å². The van der Waals surface area contributed by atoms with Crippen molar-refractivity contribution in [3.8, 4) is 34.2 Å². The molecule has 6 nitrogen and oxygen atoms in total. The summed E-state index contributed by atoms with van der Waals surface area (Å²) in [7, 11) is 3.05. The van der Waals surface area contributed by atoms with Crippen LogP contribution in [0.25, 0.3) is 16.9 Å². The van der Waals surface area contributed by atoms with E-state index in [1.54, 1.807) is 30.1 Å². The summed E-state index contributed by atoms with van der Waals surface area (Å²) >= 11 is 0. The average Bonchev–Trinajstić information content (AvgIpc) is 3.12. The van der Waals surface area contributed by atoms with Crippen LogP contribution < -0.4 is 9.47 Å². The maximum atomic E-state index is 10.1. The lowest BCUT2D eigenvalue weighted by atomic mass is 10.1. The van der Waals surface area contributed by atoms with Crippen LogP contribution in [0.5, 0.6) is 17.2 Å². The number of methoxy groups -OCH3 is 2. The second-order valence-corrected chi connectivity index (χ2v) is 5.67. The number of hydrogen-bond donors (Lipinski definition) is 1. The Balaban J connectivity index is 2.06. The SMILES string of the molecule is CCCc1ccc(-c2cnnn2-c2cc(O)c(OC)cc2OC)cc1. The number of phenolic OH excluding ortho intramolecular Hbond substituents is 1. The fraction of sp³-hybridized carbons (Fsp3) is 0.263. The third-order valence-electron chi connectivity index (χ3n) is 4.05. The summed E-state index contributed by atoms with van der Waals surface area (Å²) in [5.41, 5.74) is 3.68. The number of rotatable bonds is 6. The molecule has 0 spiro atoms. The van der Waals surface area contributed by atoms with Crippen LogP contribution in [0.2, 0.25) is 0 Å². The molecule has 1 heterocycles. The van der Waals surface area contributed by atoms with Crippen LogP contribution in [-0.2, 0) is 6.42 Å². The van der Waals surface area contributed by atoms with Crippen LogP contribution in [0, 0.1) is 0 Å². The lowest BCUT2D eigenvalue weighted by molar-refractivity contribution is 0.363. The van der Waals surface area contributed by atoms with Crippen molar-refractivity contribution in [2.75, 3.05) is 14.2 Å². The first kappa shape index (κ1) is 16.8. The van der Waals surface area contributed by atoms with Gasteiger partial charge in [0, 0.05) is 17.7 Å². The molecule has 25 heavy (non-hydrogen) atoms. The van der Waals surface area contributed by atoms with Gasteiger partial charge in [-0.05, 0) is 12.0 Å². The molecule has 3 aromatic rings. The molecule has 0 bridgehead atoms. The molecule has 0 saturated heterocycles. The van der Waals surface area contributed by atoms with Crippen molar-refractivity contribution in [1.82, 2.24) is 15.0 Å². The van der Waals surface area contributed by atoms with Crippen molar-refractivity contribution in [1.29, 1.82) is 0 Å². The molecule has 1 aromatic heterocycles. The average molecular weight is 339 g/mol. The topological polar surface area (TPSA) is 69.4 Å². The van der Waals surface area contributed by atoms with Gasteiger partial charge >= 0.3 is 0 Å². The summed E-state index contributed by atoms with van der Waals surface area (Å²) in [6.07, 6.45) is 3.86. The smallest absolute Gasteiger partial charge is 0.164 e.